The van der Waals surface area contributed by atoms with Crippen molar-refractivity contribution in [2.75, 3.05) is 0 Å². The van der Waals surface area contributed by atoms with Crippen LogP contribution in [0.2, 0.25) is 0 Å². The van der Waals surface area contributed by atoms with Gasteiger partial charge in [-0.1, -0.05) is 44.5 Å². The summed E-state index contributed by atoms with van der Waals surface area (Å²) in [6, 6.07) is 0. The molecule has 1 aromatic heterocycles. The van der Waals surface area contributed by atoms with Crippen molar-refractivity contribution >= 4 is 23.0 Å². The molecular weight excluding hydrogens is 214 g/mol. The third-order valence-corrected chi connectivity index (χ3v) is 3.02. The van der Waals surface area contributed by atoms with Gasteiger partial charge in [0.2, 0.25) is 0 Å². The van der Waals surface area contributed by atoms with E-state index in [1.807, 2.05) is 19.1 Å². The summed E-state index contributed by atoms with van der Waals surface area (Å²) in [6.45, 7) is 17.3. The fourth-order valence-electron chi connectivity index (χ4n) is 1.23. The molecule has 0 fully saturated rings. The summed E-state index contributed by atoms with van der Waals surface area (Å²) in [5.74, 6) is 0. The lowest BCUT2D eigenvalue weighted by molar-refractivity contribution is 1.26. The molecule has 1 aromatic rings. The van der Waals surface area contributed by atoms with E-state index >= 15 is 0 Å². The van der Waals surface area contributed by atoms with Crippen LogP contribution in [0.1, 0.15) is 15.6 Å². The number of hydrogen-bond acceptors (Lipinski definition) is 2. The van der Waals surface area contributed by atoms with Crippen LogP contribution in [-0.4, -0.2) is 4.98 Å². The normalized spacial score (nSPS) is 10.3. The molecule has 0 amide bonds. The van der Waals surface area contributed by atoms with Crippen LogP contribution >= 0.6 is 11.3 Å². The molecule has 0 unspecified atom stereocenters. The third-order valence-electron chi connectivity index (χ3n) is 2.05. The zero-order valence-electron chi connectivity index (χ0n) is 9.49. The van der Waals surface area contributed by atoms with E-state index in [-0.39, 0.29) is 0 Å². The molecule has 82 valence electrons. The molecule has 2 heteroatoms. The molecule has 0 aliphatic rings. The second-order valence-corrected chi connectivity index (χ2v) is 4.48. The molecule has 0 atom stereocenters. The highest BCUT2D eigenvalue weighted by Crippen LogP contribution is 2.28. The summed E-state index contributed by atoms with van der Waals surface area (Å²) >= 11 is 1.61. The highest BCUT2D eigenvalue weighted by Gasteiger charge is 2.10. The Balaban J connectivity index is 3.04. The van der Waals surface area contributed by atoms with Crippen molar-refractivity contribution in [2.24, 2.45) is 0 Å². The Labute approximate surface area is 101 Å². The lowest BCUT2D eigenvalue weighted by Crippen LogP contribution is -1.87. The first-order valence-electron chi connectivity index (χ1n) is 4.87. The first kappa shape index (κ1) is 12.4. The topological polar surface area (TPSA) is 12.9 Å². The molecule has 0 saturated heterocycles. The summed E-state index contributed by atoms with van der Waals surface area (Å²) in [5, 5.41) is 1.01. The second kappa shape index (κ2) is 5.42. The van der Waals surface area contributed by atoms with Gasteiger partial charge in [-0.3, -0.25) is 0 Å². The fourth-order valence-corrected chi connectivity index (χ4v) is 2.04. The van der Waals surface area contributed by atoms with E-state index in [9.17, 15) is 0 Å². The average Bonchev–Trinajstić information content (AvgIpc) is 2.66. The number of allylic oxidation sites excluding steroid dienone is 5. The number of thiazole rings is 1. The van der Waals surface area contributed by atoms with Gasteiger partial charge in [0.05, 0.1) is 15.6 Å². The molecular formula is C14H15NS. The van der Waals surface area contributed by atoms with Crippen LogP contribution < -0.4 is 0 Å². The van der Waals surface area contributed by atoms with E-state index in [1.54, 1.807) is 23.5 Å². The standard InChI is InChI=1S/C14H15NS/c1-6-8-9-10(3)11(4)14-13(7-2)16-12(5)15-14/h6-9H,1-4H2,5H3/b9-8-. The van der Waals surface area contributed by atoms with Crippen LogP contribution in [-0.2, 0) is 0 Å². The quantitative estimate of drug-likeness (QED) is 0.682. The van der Waals surface area contributed by atoms with E-state index < -0.39 is 0 Å². The van der Waals surface area contributed by atoms with Crippen LogP contribution in [0, 0.1) is 6.92 Å². The van der Waals surface area contributed by atoms with E-state index in [0.29, 0.717) is 0 Å². The zero-order chi connectivity index (χ0) is 12.1. The number of nitrogens with zero attached hydrogens (tertiary/aromatic N) is 1. The minimum Gasteiger partial charge on any atom is -0.241 e. The Morgan fingerprint density at radius 2 is 2.00 bits per heavy atom. The summed E-state index contributed by atoms with van der Waals surface area (Å²) in [5.41, 5.74) is 2.54. The highest BCUT2D eigenvalue weighted by molar-refractivity contribution is 7.12. The van der Waals surface area contributed by atoms with Crippen molar-refractivity contribution in [1.82, 2.24) is 4.98 Å². The lowest BCUT2D eigenvalue weighted by Gasteiger charge is -2.02. The van der Waals surface area contributed by atoms with Crippen LogP contribution in [0.3, 0.4) is 0 Å². The molecule has 1 nitrogen and oxygen atoms in total. The maximum absolute atomic E-state index is 4.44. The maximum atomic E-state index is 4.44. The summed E-state index contributed by atoms with van der Waals surface area (Å²) in [6.07, 6.45) is 7.21. The van der Waals surface area contributed by atoms with Gasteiger partial charge < -0.3 is 0 Å². The number of aryl methyl sites for hydroxylation is 1. The minimum absolute atomic E-state index is 0.831. The SMILES string of the molecule is C=C/C=C\C(=C)C(=C)c1nc(C)sc1C=C. The molecule has 0 saturated carbocycles. The monoisotopic (exact) mass is 229 g/mol. The second-order valence-electron chi connectivity index (χ2n) is 3.25. The van der Waals surface area contributed by atoms with Crippen molar-refractivity contribution < 1.29 is 0 Å². The van der Waals surface area contributed by atoms with Gasteiger partial charge in [0, 0.05) is 5.57 Å². The van der Waals surface area contributed by atoms with Crippen molar-refractivity contribution in [3.63, 3.8) is 0 Å². The smallest absolute Gasteiger partial charge is 0.0908 e. The summed E-state index contributed by atoms with van der Waals surface area (Å²) in [4.78, 5) is 5.48. The summed E-state index contributed by atoms with van der Waals surface area (Å²) in [7, 11) is 0. The predicted molar refractivity (Wildman–Crippen MR) is 74.5 cm³/mol. The van der Waals surface area contributed by atoms with Crippen LogP contribution in [0.15, 0.2) is 50.1 Å². The van der Waals surface area contributed by atoms with Crippen LogP contribution in [0.25, 0.3) is 11.6 Å². The van der Waals surface area contributed by atoms with E-state index in [2.05, 4.69) is 31.3 Å². The molecule has 0 spiro atoms. The minimum atomic E-state index is 0.831. The molecule has 0 N–H and O–H groups in total. The van der Waals surface area contributed by atoms with Crippen LogP contribution in [0.4, 0.5) is 0 Å². The number of hydrogen-bond donors (Lipinski definition) is 0. The van der Waals surface area contributed by atoms with Gasteiger partial charge in [0.1, 0.15) is 0 Å². The maximum Gasteiger partial charge on any atom is 0.0908 e. The Morgan fingerprint density at radius 1 is 1.31 bits per heavy atom. The van der Waals surface area contributed by atoms with Gasteiger partial charge in [-0.25, -0.2) is 4.98 Å². The molecule has 1 heterocycles. The number of aromatic nitrogens is 1. The lowest BCUT2D eigenvalue weighted by atomic mass is 10.1. The molecule has 0 aromatic carbocycles. The summed E-state index contributed by atoms with van der Waals surface area (Å²) < 4.78 is 0. The average molecular weight is 229 g/mol. The van der Waals surface area contributed by atoms with Gasteiger partial charge in [-0.15, -0.1) is 11.3 Å². The molecule has 0 bridgehead atoms. The van der Waals surface area contributed by atoms with Crippen LogP contribution in [0.5, 0.6) is 0 Å². The van der Waals surface area contributed by atoms with Gasteiger partial charge in [-0.05, 0) is 18.6 Å². The molecule has 1 rings (SSSR count). The van der Waals surface area contributed by atoms with Gasteiger partial charge in [0.25, 0.3) is 0 Å². The highest BCUT2D eigenvalue weighted by atomic mass is 32.1. The van der Waals surface area contributed by atoms with Crippen molar-refractivity contribution in [3.8, 4) is 0 Å². The van der Waals surface area contributed by atoms with Gasteiger partial charge in [-0.2, -0.15) is 0 Å². The van der Waals surface area contributed by atoms with E-state index in [1.165, 1.54) is 0 Å². The van der Waals surface area contributed by atoms with E-state index in [4.69, 9.17) is 0 Å². The zero-order valence-corrected chi connectivity index (χ0v) is 10.3. The first-order chi connectivity index (χ1) is 7.60. The Hall–Kier alpha value is -1.67. The predicted octanol–water partition coefficient (Wildman–Crippen LogP) is 4.41. The molecule has 0 aliphatic carbocycles. The third kappa shape index (κ3) is 2.67. The first-order valence-corrected chi connectivity index (χ1v) is 5.69. The Kier molecular flexibility index (Phi) is 4.20. The van der Waals surface area contributed by atoms with E-state index in [0.717, 1.165) is 26.7 Å². The Morgan fingerprint density at radius 3 is 2.56 bits per heavy atom. The fraction of sp³-hybridized carbons (Fsp3) is 0.0714. The molecule has 0 aliphatic heterocycles. The van der Waals surface area contributed by atoms with Gasteiger partial charge >= 0.3 is 0 Å². The Bertz CT molecular complexity index is 475. The molecule has 16 heavy (non-hydrogen) atoms. The largest absolute Gasteiger partial charge is 0.241 e. The van der Waals surface area contributed by atoms with Crippen molar-refractivity contribution in [2.45, 2.75) is 6.92 Å². The van der Waals surface area contributed by atoms with Crippen molar-refractivity contribution in [1.29, 1.82) is 0 Å². The molecule has 0 radical (unpaired) electrons. The number of rotatable bonds is 5. The van der Waals surface area contributed by atoms with Crippen molar-refractivity contribution in [3.05, 3.63) is 65.7 Å². The van der Waals surface area contributed by atoms with Gasteiger partial charge in [0.15, 0.2) is 0 Å².